The van der Waals surface area contributed by atoms with Crippen molar-refractivity contribution in [2.75, 3.05) is 7.11 Å². The van der Waals surface area contributed by atoms with E-state index >= 15 is 0 Å². The second kappa shape index (κ2) is 5.81. The van der Waals surface area contributed by atoms with E-state index in [2.05, 4.69) is 0 Å². The molecule has 4 heteroatoms. The molecule has 2 aromatic rings. The Hall–Kier alpha value is -1.58. The molecule has 0 fully saturated rings. The van der Waals surface area contributed by atoms with E-state index in [1.807, 2.05) is 26.0 Å². The van der Waals surface area contributed by atoms with Crippen molar-refractivity contribution in [2.24, 2.45) is 0 Å². The number of aliphatic hydroxyl groups excluding tert-OH is 1. The van der Waals surface area contributed by atoms with Crippen LogP contribution in [0.15, 0.2) is 30.3 Å². The van der Waals surface area contributed by atoms with Crippen molar-refractivity contribution in [1.82, 2.24) is 0 Å². The number of ether oxygens (including phenoxy) is 1. The summed E-state index contributed by atoms with van der Waals surface area (Å²) < 4.78 is 18.7. The molecule has 0 aromatic heterocycles. The quantitative estimate of drug-likeness (QED) is 0.920. The first-order chi connectivity index (χ1) is 9.43. The summed E-state index contributed by atoms with van der Waals surface area (Å²) in [5.41, 5.74) is 3.00. The minimum atomic E-state index is -0.897. The third kappa shape index (κ3) is 2.79. The third-order valence-electron chi connectivity index (χ3n) is 3.34. The first-order valence-electron chi connectivity index (χ1n) is 6.22. The van der Waals surface area contributed by atoms with Gasteiger partial charge in [0, 0.05) is 0 Å². The second-order valence-electron chi connectivity index (χ2n) is 4.75. The van der Waals surface area contributed by atoms with E-state index < -0.39 is 11.9 Å². The largest absolute Gasteiger partial charge is 0.496 e. The number of benzene rings is 2. The van der Waals surface area contributed by atoms with Gasteiger partial charge in [-0.2, -0.15) is 0 Å². The summed E-state index contributed by atoms with van der Waals surface area (Å²) in [4.78, 5) is 0. The molecular weight excluding hydrogens is 279 g/mol. The van der Waals surface area contributed by atoms with E-state index in [0.717, 1.165) is 22.4 Å². The van der Waals surface area contributed by atoms with Crippen LogP contribution in [0.25, 0.3) is 0 Å². The number of methoxy groups -OCH3 is 1. The highest BCUT2D eigenvalue weighted by atomic mass is 35.5. The average Bonchev–Trinajstić information content (AvgIpc) is 2.43. The second-order valence-corrected chi connectivity index (χ2v) is 5.16. The van der Waals surface area contributed by atoms with Crippen LogP contribution in [-0.2, 0) is 0 Å². The molecule has 0 amide bonds. The molecule has 0 aliphatic heterocycles. The smallest absolute Gasteiger partial charge is 0.142 e. The highest BCUT2D eigenvalue weighted by Gasteiger charge is 2.16. The zero-order valence-corrected chi connectivity index (χ0v) is 12.3. The minimum Gasteiger partial charge on any atom is -0.496 e. The molecule has 1 N–H and O–H groups in total. The standard InChI is InChI=1S/C16H16ClFO2/c1-9-7-15(20-3)10(2)6-12(9)16(19)11-4-5-13(17)14(18)8-11/h4-8,16,19H,1-3H3. The van der Waals surface area contributed by atoms with Crippen LogP contribution in [0.4, 0.5) is 4.39 Å². The highest BCUT2D eigenvalue weighted by Crippen LogP contribution is 2.31. The fourth-order valence-corrected chi connectivity index (χ4v) is 2.31. The SMILES string of the molecule is COc1cc(C)c(C(O)c2ccc(Cl)c(F)c2)cc1C. The first kappa shape index (κ1) is 14.8. The van der Waals surface area contributed by atoms with Crippen LogP contribution < -0.4 is 4.74 Å². The van der Waals surface area contributed by atoms with Crippen molar-refractivity contribution in [2.45, 2.75) is 20.0 Å². The van der Waals surface area contributed by atoms with Crippen molar-refractivity contribution in [3.8, 4) is 5.75 Å². The van der Waals surface area contributed by atoms with Crippen LogP contribution >= 0.6 is 11.6 Å². The van der Waals surface area contributed by atoms with E-state index in [-0.39, 0.29) is 5.02 Å². The normalized spacial score (nSPS) is 12.3. The van der Waals surface area contributed by atoms with Crippen LogP contribution in [0.3, 0.4) is 0 Å². The van der Waals surface area contributed by atoms with E-state index in [9.17, 15) is 9.50 Å². The van der Waals surface area contributed by atoms with E-state index in [0.29, 0.717) is 5.56 Å². The first-order valence-corrected chi connectivity index (χ1v) is 6.60. The average molecular weight is 295 g/mol. The van der Waals surface area contributed by atoms with Gasteiger partial charge in [0.15, 0.2) is 0 Å². The number of hydrogen-bond acceptors (Lipinski definition) is 2. The summed E-state index contributed by atoms with van der Waals surface area (Å²) in [6.07, 6.45) is -0.897. The van der Waals surface area contributed by atoms with Gasteiger partial charge in [-0.15, -0.1) is 0 Å². The van der Waals surface area contributed by atoms with Gasteiger partial charge in [-0.25, -0.2) is 4.39 Å². The molecule has 2 rings (SSSR count). The van der Waals surface area contributed by atoms with E-state index in [1.54, 1.807) is 13.2 Å². The lowest BCUT2D eigenvalue weighted by Gasteiger charge is -2.17. The summed E-state index contributed by atoms with van der Waals surface area (Å²) in [5, 5.41) is 10.5. The predicted octanol–water partition coefficient (Wildman–Crippen LogP) is 4.19. The number of halogens is 2. The Morgan fingerprint density at radius 3 is 2.45 bits per heavy atom. The molecular formula is C16H16ClFO2. The molecule has 106 valence electrons. The van der Waals surface area contributed by atoms with Crippen molar-refractivity contribution in [3.63, 3.8) is 0 Å². The molecule has 0 radical (unpaired) electrons. The van der Waals surface area contributed by atoms with Crippen molar-refractivity contribution < 1.29 is 14.2 Å². The topological polar surface area (TPSA) is 29.5 Å². The van der Waals surface area contributed by atoms with Gasteiger partial charge >= 0.3 is 0 Å². The summed E-state index contributed by atoms with van der Waals surface area (Å²) in [6, 6.07) is 8.04. The molecule has 0 aliphatic rings. The number of hydrogen-bond donors (Lipinski definition) is 1. The van der Waals surface area contributed by atoms with Gasteiger partial charge in [0.05, 0.1) is 12.1 Å². The van der Waals surface area contributed by atoms with Gasteiger partial charge < -0.3 is 9.84 Å². The van der Waals surface area contributed by atoms with Crippen molar-refractivity contribution >= 4 is 11.6 Å². The summed E-state index contributed by atoms with van der Waals surface area (Å²) in [7, 11) is 1.60. The van der Waals surface area contributed by atoms with Crippen LogP contribution in [0, 0.1) is 19.7 Å². The summed E-state index contributed by atoms with van der Waals surface area (Å²) in [5.74, 6) is 0.229. The third-order valence-corrected chi connectivity index (χ3v) is 3.64. The maximum absolute atomic E-state index is 13.5. The fourth-order valence-electron chi connectivity index (χ4n) is 2.19. The molecule has 0 saturated heterocycles. The van der Waals surface area contributed by atoms with Crippen LogP contribution in [0.2, 0.25) is 5.02 Å². The monoisotopic (exact) mass is 294 g/mol. The lowest BCUT2D eigenvalue weighted by Crippen LogP contribution is -2.04. The van der Waals surface area contributed by atoms with Gasteiger partial charge in [0.1, 0.15) is 17.7 Å². The minimum absolute atomic E-state index is 0.0450. The fraction of sp³-hybridized carbons (Fsp3) is 0.250. The Labute approximate surface area is 122 Å². The molecule has 2 aromatic carbocycles. The van der Waals surface area contributed by atoms with Gasteiger partial charge in [-0.1, -0.05) is 17.7 Å². The Balaban J connectivity index is 2.45. The van der Waals surface area contributed by atoms with Gasteiger partial charge in [0.25, 0.3) is 0 Å². The Kier molecular flexibility index (Phi) is 4.31. The Morgan fingerprint density at radius 2 is 1.85 bits per heavy atom. The lowest BCUT2D eigenvalue weighted by molar-refractivity contribution is 0.219. The summed E-state index contributed by atoms with van der Waals surface area (Å²) in [6.45, 7) is 3.78. The van der Waals surface area contributed by atoms with Crippen LogP contribution in [0.5, 0.6) is 5.75 Å². The maximum Gasteiger partial charge on any atom is 0.142 e. The van der Waals surface area contributed by atoms with Crippen LogP contribution in [0.1, 0.15) is 28.4 Å². The number of rotatable bonds is 3. The lowest BCUT2D eigenvalue weighted by atomic mass is 9.95. The van der Waals surface area contributed by atoms with Crippen molar-refractivity contribution in [3.05, 3.63) is 63.4 Å². The molecule has 1 atom stereocenters. The summed E-state index contributed by atoms with van der Waals surface area (Å²) >= 11 is 5.65. The predicted molar refractivity (Wildman–Crippen MR) is 77.9 cm³/mol. The zero-order valence-electron chi connectivity index (χ0n) is 11.6. The molecule has 20 heavy (non-hydrogen) atoms. The Bertz CT molecular complexity index is 641. The van der Waals surface area contributed by atoms with Gasteiger partial charge in [-0.3, -0.25) is 0 Å². The van der Waals surface area contributed by atoms with E-state index in [4.69, 9.17) is 16.3 Å². The number of aliphatic hydroxyl groups is 1. The zero-order chi connectivity index (χ0) is 14.9. The van der Waals surface area contributed by atoms with E-state index in [1.165, 1.54) is 12.1 Å². The highest BCUT2D eigenvalue weighted by molar-refractivity contribution is 6.30. The molecule has 0 bridgehead atoms. The van der Waals surface area contributed by atoms with Crippen LogP contribution in [-0.4, -0.2) is 12.2 Å². The molecule has 2 nitrogen and oxygen atoms in total. The molecule has 0 saturated carbocycles. The molecule has 1 unspecified atom stereocenters. The Morgan fingerprint density at radius 1 is 1.15 bits per heavy atom. The van der Waals surface area contributed by atoms with Crippen molar-refractivity contribution in [1.29, 1.82) is 0 Å². The number of aryl methyl sites for hydroxylation is 2. The maximum atomic E-state index is 13.5. The van der Waals surface area contributed by atoms with Gasteiger partial charge in [0.2, 0.25) is 0 Å². The molecule has 0 spiro atoms. The molecule has 0 heterocycles. The van der Waals surface area contributed by atoms with Gasteiger partial charge in [-0.05, 0) is 60.4 Å². The molecule has 0 aliphatic carbocycles.